The van der Waals surface area contributed by atoms with Crippen molar-refractivity contribution in [3.8, 4) is 5.75 Å². The molecule has 4 nitrogen and oxygen atoms in total. The maximum absolute atomic E-state index is 11.0. The van der Waals surface area contributed by atoms with Crippen LogP contribution in [0.5, 0.6) is 5.75 Å². The van der Waals surface area contributed by atoms with Gasteiger partial charge in [0.15, 0.2) is 0 Å². The van der Waals surface area contributed by atoms with Crippen LogP contribution >= 0.6 is 11.6 Å². The molecule has 0 aromatic heterocycles. The number of hydrogen-bond donors (Lipinski definition) is 1. The number of halogens is 1. The molecule has 0 heterocycles. The molecule has 0 spiro atoms. The number of carboxylic acids is 1. The molecule has 1 N–H and O–H groups in total. The van der Waals surface area contributed by atoms with Crippen molar-refractivity contribution in [3.63, 3.8) is 0 Å². The average Bonchev–Trinajstić information content (AvgIpc) is 3.14. The quantitative estimate of drug-likeness (QED) is 0.862. The Kier molecular flexibility index (Phi) is 4.09. The standard InChI is InChI=1S/C13H16ClNO3/c1-15(10-3-4-10)6-7-18-12-5-2-9(14)8-11(12)13(16)17/h2,5,8,10H,3-4,6-7H2,1H3,(H,16,17). The van der Waals surface area contributed by atoms with Crippen molar-refractivity contribution in [1.29, 1.82) is 0 Å². The van der Waals surface area contributed by atoms with Crippen LogP contribution < -0.4 is 4.74 Å². The van der Waals surface area contributed by atoms with Gasteiger partial charge in [-0.3, -0.25) is 0 Å². The summed E-state index contributed by atoms with van der Waals surface area (Å²) in [4.78, 5) is 13.3. The van der Waals surface area contributed by atoms with Crippen LogP contribution in [0.4, 0.5) is 0 Å². The van der Waals surface area contributed by atoms with E-state index in [2.05, 4.69) is 11.9 Å². The molecule has 1 aromatic carbocycles. The Morgan fingerprint density at radius 3 is 2.89 bits per heavy atom. The highest BCUT2D eigenvalue weighted by Gasteiger charge is 2.25. The first-order valence-corrected chi connectivity index (χ1v) is 6.31. The van der Waals surface area contributed by atoms with Crippen molar-refractivity contribution in [1.82, 2.24) is 4.90 Å². The number of aromatic carboxylic acids is 1. The Balaban J connectivity index is 1.93. The normalized spacial score (nSPS) is 14.8. The third-order valence-electron chi connectivity index (χ3n) is 3.04. The molecule has 1 saturated carbocycles. The third-order valence-corrected chi connectivity index (χ3v) is 3.28. The van der Waals surface area contributed by atoms with Gasteiger partial charge in [0.1, 0.15) is 17.9 Å². The highest BCUT2D eigenvalue weighted by atomic mass is 35.5. The van der Waals surface area contributed by atoms with Gasteiger partial charge >= 0.3 is 5.97 Å². The fourth-order valence-electron chi connectivity index (χ4n) is 1.79. The second kappa shape index (κ2) is 5.59. The zero-order valence-corrected chi connectivity index (χ0v) is 11.0. The Morgan fingerprint density at radius 2 is 2.28 bits per heavy atom. The molecule has 0 unspecified atom stereocenters. The largest absolute Gasteiger partial charge is 0.491 e. The molecule has 0 saturated heterocycles. The number of hydrogen-bond acceptors (Lipinski definition) is 3. The number of carboxylic acid groups (broad SMARTS) is 1. The van der Waals surface area contributed by atoms with Crippen LogP contribution in [0.25, 0.3) is 0 Å². The summed E-state index contributed by atoms with van der Waals surface area (Å²) in [5.41, 5.74) is 0.108. The molecule has 0 bridgehead atoms. The van der Waals surface area contributed by atoms with Crippen molar-refractivity contribution >= 4 is 17.6 Å². The van der Waals surface area contributed by atoms with Crippen molar-refractivity contribution < 1.29 is 14.6 Å². The molecule has 1 aromatic rings. The monoisotopic (exact) mass is 269 g/mol. The molecule has 0 atom stereocenters. The number of carbonyl (C=O) groups is 1. The number of likely N-dealkylation sites (N-methyl/N-ethyl adjacent to an activating group) is 1. The van der Waals surface area contributed by atoms with E-state index in [0.29, 0.717) is 23.4 Å². The van der Waals surface area contributed by atoms with Crippen LogP contribution in [0.3, 0.4) is 0 Å². The highest BCUT2D eigenvalue weighted by Crippen LogP contribution is 2.25. The number of nitrogens with zero attached hydrogens (tertiary/aromatic N) is 1. The molecular formula is C13H16ClNO3. The third kappa shape index (κ3) is 3.37. The Labute approximate surface area is 111 Å². The first-order chi connectivity index (χ1) is 8.58. The predicted octanol–water partition coefficient (Wildman–Crippen LogP) is 2.51. The number of benzene rings is 1. The van der Waals surface area contributed by atoms with E-state index in [4.69, 9.17) is 21.4 Å². The minimum Gasteiger partial charge on any atom is -0.491 e. The zero-order chi connectivity index (χ0) is 13.1. The average molecular weight is 270 g/mol. The van der Waals surface area contributed by atoms with Gasteiger partial charge in [-0.25, -0.2) is 4.79 Å². The number of ether oxygens (including phenoxy) is 1. The van der Waals surface area contributed by atoms with E-state index < -0.39 is 5.97 Å². The second-order valence-corrected chi connectivity index (χ2v) is 4.94. The molecule has 0 amide bonds. The van der Waals surface area contributed by atoms with E-state index >= 15 is 0 Å². The smallest absolute Gasteiger partial charge is 0.339 e. The summed E-state index contributed by atoms with van der Waals surface area (Å²) in [5.74, 6) is -0.654. The zero-order valence-electron chi connectivity index (χ0n) is 10.2. The molecule has 0 aliphatic heterocycles. The summed E-state index contributed by atoms with van der Waals surface area (Å²) in [6.07, 6.45) is 2.50. The maximum atomic E-state index is 11.0. The summed E-state index contributed by atoms with van der Waals surface area (Å²) in [6.45, 7) is 1.28. The van der Waals surface area contributed by atoms with Crippen LogP contribution in [0, 0.1) is 0 Å². The molecule has 0 radical (unpaired) electrons. The maximum Gasteiger partial charge on any atom is 0.339 e. The second-order valence-electron chi connectivity index (χ2n) is 4.51. The van der Waals surface area contributed by atoms with Gasteiger partial charge in [-0.1, -0.05) is 11.6 Å². The van der Waals surface area contributed by atoms with Crippen molar-refractivity contribution in [3.05, 3.63) is 28.8 Å². The van der Waals surface area contributed by atoms with E-state index in [1.165, 1.54) is 18.9 Å². The summed E-state index contributed by atoms with van der Waals surface area (Å²) in [6, 6.07) is 5.32. The minimum atomic E-state index is -1.02. The lowest BCUT2D eigenvalue weighted by molar-refractivity contribution is 0.0691. The van der Waals surface area contributed by atoms with Gasteiger partial charge in [0, 0.05) is 17.6 Å². The summed E-state index contributed by atoms with van der Waals surface area (Å²) in [7, 11) is 2.06. The summed E-state index contributed by atoms with van der Waals surface area (Å²) in [5, 5.41) is 9.45. The van der Waals surface area contributed by atoms with Gasteiger partial charge < -0.3 is 14.7 Å². The molecule has 5 heteroatoms. The van der Waals surface area contributed by atoms with Gasteiger partial charge in [-0.05, 0) is 38.1 Å². The number of rotatable bonds is 6. The van der Waals surface area contributed by atoms with Gasteiger partial charge in [-0.2, -0.15) is 0 Å². The van der Waals surface area contributed by atoms with Crippen LogP contribution in [0.2, 0.25) is 5.02 Å². The van der Waals surface area contributed by atoms with Crippen molar-refractivity contribution in [2.75, 3.05) is 20.2 Å². The van der Waals surface area contributed by atoms with Crippen LogP contribution in [0.15, 0.2) is 18.2 Å². The van der Waals surface area contributed by atoms with Gasteiger partial charge in [0.2, 0.25) is 0 Å². The summed E-state index contributed by atoms with van der Waals surface area (Å²) < 4.78 is 5.52. The lowest BCUT2D eigenvalue weighted by Gasteiger charge is -2.16. The van der Waals surface area contributed by atoms with Gasteiger partial charge in [0.25, 0.3) is 0 Å². The van der Waals surface area contributed by atoms with E-state index in [0.717, 1.165) is 6.54 Å². The topological polar surface area (TPSA) is 49.8 Å². The Morgan fingerprint density at radius 1 is 1.56 bits per heavy atom. The van der Waals surface area contributed by atoms with Gasteiger partial charge in [0.05, 0.1) is 0 Å². The SMILES string of the molecule is CN(CCOc1ccc(Cl)cc1C(=O)O)C1CC1. The highest BCUT2D eigenvalue weighted by molar-refractivity contribution is 6.31. The predicted molar refractivity (Wildman–Crippen MR) is 69.6 cm³/mol. The molecule has 2 rings (SSSR count). The molecule has 1 fully saturated rings. The van der Waals surface area contributed by atoms with Crippen LogP contribution in [-0.2, 0) is 0 Å². The molecule has 1 aliphatic carbocycles. The van der Waals surface area contributed by atoms with Crippen LogP contribution in [-0.4, -0.2) is 42.2 Å². The molecule has 1 aliphatic rings. The first-order valence-electron chi connectivity index (χ1n) is 5.94. The molecule has 98 valence electrons. The van der Waals surface area contributed by atoms with E-state index in [-0.39, 0.29) is 5.56 Å². The first kappa shape index (κ1) is 13.2. The fourth-order valence-corrected chi connectivity index (χ4v) is 1.96. The van der Waals surface area contributed by atoms with Crippen molar-refractivity contribution in [2.24, 2.45) is 0 Å². The van der Waals surface area contributed by atoms with Gasteiger partial charge in [-0.15, -0.1) is 0 Å². The van der Waals surface area contributed by atoms with E-state index in [9.17, 15) is 4.79 Å². The van der Waals surface area contributed by atoms with Crippen molar-refractivity contribution in [2.45, 2.75) is 18.9 Å². The molecular weight excluding hydrogens is 254 g/mol. The lowest BCUT2D eigenvalue weighted by atomic mass is 10.2. The van der Waals surface area contributed by atoms with Crippen LogP contribution in [0.1, 0.15) is 23.2 Å². The Bertz CT molecular complexity index is 446. The lowest BCUT2D eigenvalue weighted by Crippen LogP contribution is -2.26. The van der Waals surface area contributed by atoms with E-state index in [1.54, 1.807) is 12.1 Å². The Hall–Kier alpha value is -1.26. The fraction of sp³-hybridized carbons (Fsp3) is 0.462. The minimum absolute atomic E-state index is 0.108. The summed E-state index contributed by atoms with van der Waals surface area (Å²) >= 11 is 5.77. The molecule has 18 heavy (non-hydrogen) atoms. The van der Waals surface area contributed by atoms with E-state index in [1.807, 2.05) is 0 Å².